The van der Waals surface area contributed by atoms with Gasteiger partial charge in [-0.05, 0) is 12.1 Å². The summed E-state index contributed by atoms with van der Waals surface area (Å²) in [6, 6.07) is 9.91. The molecular weight excluding hydrogens is 266 g/mol. The fourth-order valence-corrected chi connectivity index (χ4v) is 2.39. The number of nitrogens with zero attached hydrogens (tertiary/aromatic N) is 4. The van der Waals surface area contributed by atoms with E-state index in [0.717, 1.165) is 27.7 Å². The van der Waals surface area contributed by atoms with Gasteiger partial charge in [0.25, 0.3) is 0 Å². The zero-order valence-electron chi connectivity index (χ0n) is 11.2. The van der Waals surface area contributed by atoms with Crippen molar-refractivity contribution in [3.8, 4) is 17.1 Å². The van der Waals surface area contributed by atoms with Gasteiger partial charge in [-0.15, -0.1) is 0 Å². The summed E-state index contributed by atoms with van der Waals surface area (Å²) in [6.45, 7) is 0. The number of ether oxygens (including phenoxy) is 1. The third-order valence-electron chi connectivity index (χ3n) is 3.36. The first kappa shape index (κ1) is 11.8. The topological polar surface area (TPSA) is 76.6 Å². The molecule has 0 aliphatic heterocycles. The van der Waals surface area contributed by atoms with E-state index < -0.39 is 0 Å². The second-order valence-electron chi connectivity index (χ2n) is 4.56. The van der Waals surface area contributed by atoms with Crippen LogP contribution in [0.3, 0.4) is 0 Å². The van der Waals surface area contributed by atoms with Gasteiger partial charge in [0.2, 0.25) is 5.88 Å². The van der Waals surface area contributed by atoms with Gasteiger partial charge in [-0.1, -0.05) is 18.2 Å². The molecule has 0 aliphatic rings. The van der Waals surface area contributed by atoms with Gasteiger partial charge in [-0.2, -0.15) is 0 Å². The molecule has 1 aromatic carbocycles. The maximum atomic E-state index is 5.43. The third-order valence-corrected chi connectivity index (χ3v) is 3.36. The molecule has 0 saturated heterocycles. The molecule has 0 unspecified atom stereocenters. The van der Waals surface area contributed by atoms with Crippen molar-refractivity contribution >= 4 is 22.1 Å². The summed E-state index contributed by atoms with van der Waals surface area (Å²) in [7, 11) is 1.60. The van der Waals surface area contributed by atoms with Crippen LogP contribution in [-0.2, 0) is 0 Å². The minimum Gasteiger partial charge on any atom is -0.480 e. The van der Waals surface area contributed by atoms with E-state index in [2.05, 4.69) is 24.9 Å². The van der Waals surface area contributed by atoms with Crippen molar-refractivity contribution in [1.82, 2.24) is 24.9 Å². The molecule has 0 spiro atoms. The quantitative estimate of drug-likeness (QED) is 0.609. The van der Waals surface area contributed by atoms with Crippen LogP contribution in [-0.4, -0.2) is 32.0 Å². The Bertz CT molecular complexity index is 947. The van der Waals surface area contributed by atoms with Crippen LogP contribution < -0.4 is 4.74 Å². The van der Waals surface area contributed by atoms with E-state index in [1.165, 1.54) is 6.33 Å². The van der Waals surface area contributed by atoms with Crippen molar-refractivity contribution in [2.45, 2.75) is 0 Å². The zero-order valence-corrected chi connectivity index (χ0v) is 11.2. The Morgan fingerprint density at radius 1 is 1.10 bits per heavy atom. The predicted octanol–water partition coefficient (Wildman–Crippen LogP) is 2.58. The number of aromatic amines is 1. The number of pyridine rings is 1. The highest BCUT2D eigenvalue weighted by Crippen LogP contribution is 2.32. The first-order valence-electron chi connectivity index (χ1n) is 6.45. The summed E-state index contributed by atoms with van der Waals surface area (Å²) < 4.78 is 5.43. The molecule has 3 heterocycles. The number of imidazole rings is 1. The number of hydrogen-bond acceptors (Lipinski definition) is 5. The molecule has 4 rings (SSSR count). The maximum Gasteiger partial charge on any atom is 0.223 e. The Kier molecular flexibility index (Phi) is 2.53. The van der Waals surface area contributed by atoms with Gasteiger partial charge >= 0.3 is 0 Å². The van der Waals surface area contributed by atoms with E-state index in [-0.39, 0.29) is 0 Å². The molecule has 6 nitrogen and oxygen atoms in total. The lowest BCUT2D eigenvalue weighted by Gasteiger charge is -2.09. The van der Waals surface area contributed by atoms with Crippen LogP contribution in [0.4, 0.5) is 0 Å². The average molecular weight is 277 g/mol. The van der Waals surface area contributed by atoms with Gasteiger partial charge in [0, 0.05) is 5.39 Å². The normalized spacial score (nSPS) is 11.1. The van der Waals surface area contributed by atoms with E-state index in [9.17, 15) is 0 Å². The summed E-state index contributed by atoms with van der Waals surface area (Å²) in [5.41, 5.74) is 3.82. The minimum atomic E-state index is 0.531. The van der Waals surface area contributed by atoms with E-state index in [4.69, 9.17) is 4.74 Å². The van der Waals surface area contributed by atoms with Crippen LogP contribution in [0.1, 0.15) is 0 Å². The van der Waals surface area contributed by atoms with Crippen LogP contribution in [0.5, 0.6) is 5.88 Å². The predicted molar refractivity (Wildman–Crippen MR) is 79.0 cm³/mol. The highest BCUT2D eigenvalue weighted by molar-refractivity contribution is 5.92. The van der Waals surface area contributed by atoms with Crippen molar-refractivity contribution in [2.24, 2.45) is 0 Å². The molecule has 0 saturated carbocycles. The van der Waals surface area contributed by atoms with Crippen molar-refractivity contribution in [1.29, 1.82) is 0 Å². The average Bonchev–Trinajstić information content (AvgIpc) is 3.02. The SMILES string of the molecule is COc1nc2ccccc2cc1-c1ncnc2nc[nH]c12. The molecule has 6 heteroatoms. The Morgan fingerprint density at radius 2 is 2.00 bits per heavy atom. The first-order chi connectivity index (χ1) is 10.4. The van der Waals surface area contributed by atoms with Gasteiger partial charge in [-0.25, -0.2) is 19.9 Å². The van der Waals surface area contributed by atoms with Crippen molar-refractivity contribution in [3.63, 3.8) is 0 Å². The number of hydrogen-bond donors (Lipinski definition) is 1. The number of fused-ring (bicyclic) bond motifs is 2. The number of methoxy groups -OCH3 is 1. The summed E-state index contributed by atoms with van der Waals surface area (Å²) in [5.74, 6) is 0.531. The molecule has 0 aliphatic carbocycles. The highest BCUT2D eigenvalue weighted by atomic mass is 16.5. The Morgan fingerprint density at radius 3 is 2.90 bits per heavy atom. The molecule has 0 fully saturated rings. The van der Waals surface area contributed by atoms with Gasteiger partial charge in [0.05, 0.1) is 24.5 Å². The standard InChI is InChI=1S/C15H11N5O/c1-21-15-10(6-9-4-2-3-5-11(9)20-15)12-13-14(18-7-16-12)19-8-17-13/h2-8H,1H3,(H,16,17,18,19). The number of benzene rings is 1. The smallest absolute Gasteiger partial charge is 0.223 e. The summed E-state index contributed by atoms with van der Waals surface area (Å²) in [4.78, 5) is 20.3. The molecule has 0 atom stereocenters. The Labute approximate surface area is 119 Å². The first-order valence-corrected chi connectivity index (χ1v) is 6.45. The summed E-state index contributed by atoms with van der Waals surface area (Å²) in [5, 5.41) is 1.03. The molecule has 102 valence electrons. The van der Waals surface area contributed by atoms with E-state index in [0.29, 0.717) is 11.5 Å². The second kappa shape index (κ2) is 4.52. The van der Waals surface area contributed by atoms with Crippen LogP contribution in [0.2, 0.25) is 0 Å². The zero-order chi connectivity index (χ0) is 14.2. The number of rotatable bonds is 2. The molecule has 0 radical (unpaired) electrons. The van der Waals surface area contributed by atoms with Crippen molar-refractivity contribution < 1.29 is 4.74 Å². The monoisotopic (exact) mass is 277 g/mol. The number of aromatic nitrogens is 5. The molecule has 0 amide bonds. The lowest BCUT2D eigenvalue weighted by molar-refractivity contribution is 0.401. The Hall–Kier alpha value is -3.02. The van der Waals surface area contributed by atoms with Crippen molar-refractivity contribution in [3.05, 3.63) is 43.0 Å². The van der Waals surface area contributed by atoms with Crippen LogP contribution in [0.15, 0.2) is 43.0 Å². The highest BCUT2D eigenvalue weighted by Gasteiger charge is 2.15. The van der Waals surface area contributed by atoms with Crippen LogP contribution in [0.25, 0.3) is 33.3 Å². The van der Waals surface area contributed by atoms with Gasteiger partial charge in [0.15, 0.2) is 5.65 Å². The lowest BCUT2D eigenvalue weighted by atomic mass is 10.1. The largest absolute Gasteiger partial charge is 0.480 e. The van der Waals surface area contributed by atoms with Gasteiger partial charge in [0.1, 0.15) is 17.5 Å². The molecule has 21 heavy (non-hydrogen) atoms. The molecule has 3 aromatic heterocycles. The van der Waals surface area contributed by atoms with Crippen LogP contribution in [0, 0.1) is 0 Å². The van der Waals surface area contributed by atoms with E-state index >= 15 is 0 Å². The third kappa shape index (κ3) is 1.80. The fourth-order valence-electron chi connectivity index (χ4n) is 2.39. The molecule has 0 bridgehead atoms. The Balaban J connectivity index is 2.07. The lowest BCUT2D eigenvalue weighted by Crippen LogP contribution is -1.96. The molecular formula is C15H11N5O. The summed E-state index contributed by atoms with van der Waals surface area (Å²) >= 11 is 0. The van der Waals surface area contributed by atoms with Crippen molar-refractivity contribution in [2.75, 3.05) is 7.11 Å². The number of para-hydroxylation sites is 1. The fraction of sp³-hybridized carbons (Fsp3) is 0.0667. The maximum absolute atomic E-state index is 5.43. The van der Waals surface area contributed by atoms with E-state index in [1.54, 1.807) is 13.4 Å². The molecule has 1 N–H and O–H groups in total. The minimum absolute atomic E-state index is 0.531. The number of nitrogens with one attached hydrogen (secondary N) is 1. The van der Waals surface area contributed by atoms with Gasteiger partial charge < -0.3 is 9.72 Å². The number of H-pyrrole nitrogens is 1. The van der Waals surface area contributed by atoms with E-state index in [1.807, 2.05) is 30.3 Å². The van der Waals surface area contributed by atoms with Gasteiger partial charge in [-0.3, -0.25) is 0 Å². The molecule has 4 aromatic rings. The summed E-state index contributed by atoms with van der Waals surface area (Å²) in [6.07, 6.45) is 3.09. The van der Waals surface area contributed by atoms with Crippen LogP contribution >= 0.6 is 0 Å². The second-order valence-corrected chi connectivity index (χ2v) is 4.56.